The number of anilines is 1. The highest BCUT2D eigenvalue weighted by atomic mass is 32.1. The molecular weight excluding hydrogens is 418 g/mol. The summed E-state index contributed by atoms with van der Waals surface area (Å²) in [5.74, 6) is 0.675. The van der Waals surface area contributed by atoms with Crippen molar-refractivity contribution in [3.8, 4) is 5.75 Å². The summed E-state index contributed by atoms with van der Waals surface area (Å²) in [6.07, 6.45) is 8.08. The van der Waals surface area contributed by atoms with Crippen molar-refractivity contribution in [3.63, 3.8) is 0 Å². The van der Waals surface area contributed by atoms with Crippen molar-refractivity contribution in [3.05, 3.63) is 82.7 Å². The molecule has 162 valence electrons. The van der Waals surface area contributed by atoms with Gasteiger partial charge >= 0.3 is 0 Å². The van der Waals surface area contributed by atoms with Crippen molar-refractivity contribution in [2.75, 3.05) is 12.0 Å². The minimum absolute atomic E-state index is 0.0436. The van der Waals surface area contributed by atoms with Crippen LogP contribution in [0.4, 0.5) is 5.13 Å². The second kappa shape index (κ2) is 8.71. The Kier molecular flexibility index (Phi) is 5.62. The molecule has 4 aromatic rings. The molecule has 2 heterocycles. The highest BCUT2D eigenvalue weighted by Crippen LogP contribution is 2.37. The number of hydrogen-bond acceptors (Lipinski definition) is 5. The predicted molar refractivity (Wildman–Crippen MR) is 129 cm³/mol. The van der Waals surface area contributed by atoms with Crippen LogP contribution in [0.25, 0.3) is 10.2 Å². The van der Waals surface area contributed by atoms with Gasteiger partial charge in [0.05, 0.1) is 18.4 Å². The van der Waals surface area contributed by atoms with Crippen LogP contribution < -0.4 is 9.64 Å². The van der Waals surface area contributed by atoms with E-state index in [2.05, 4.69) is 24.0 Å². The Morgan fingerprint density at radius 1 is 1.12 bits per heavy atom. The molecule has 1 aliphatic rings. The van der Waals surface area contributed by atoms with Gasteiger partial charge in [0.15, 0.2) is 5.13 Å². The van der Waals surface area contributed by atoms with Gasteiger partial charge in [0.2, 0.25) is 0 Å². The lowest BCUT2D eigenvalue weighted by Gasteiger charge is -2.22. The molecule has 0 N–H and O–H groups in total. The van der Waals surface area contributed by atoms with Crippen LogP contribution in [0.1, 0.15) is 45.5 Å². The molecule has 5 rings (SSSR count). The summed E-state index contributed by atoms with van der Waals surface area (Å²) < 4.78 is 6.57. The number of amides is 1. The molecule has 6 heteroatoms. The molecule has 2 aromatic carbocycles. The van der Waals surface area contributed by atoms with E-state index < -0.39 is 0 Å². The van der Waals surface area contributed by atoms with Crippen LogP contribution in [-0.2, 0) is 19.4 Å². The molecule has 5 nitrogen and oxygen atoms in total. The van der Waals surface area contributed by atoms with Gasteiger partial charge in [-0.25, -0.2) is 4.98 Å². The molecule has 0 spiro atoms. The third-order valence-corrected chi connectivity index (χ3v) is 7.26. The van der Waals surface area contributed by atoms with Crippen LogP contribution in [0.5, 0.6) is 5.75 Å². The third-order valence-electron chi connectivity index (χ3n) is 6.05. The van der Waals surface area contributed by atoms with Gasteiger partial charge in [-0.15, -0.1) is 0 Å². The number of hydrogen-bond donors (Lipinski definition) is 0. The molecular formula is C26H25N3O2S. The summed E-state index contributed by atoms with van der Waals surface area (Å²) in [6.45, 7) is 2.46. The highest BCUT2D eigenvalue weighted by Gasteiger charge is 2.24. The fourth-order valence-corrected chi connectivity index (χ4v) is 5.35. The SMILES string of the molecule is COc1ccc(C)c2sc(N(Cc3cccnc3)C(=O)c3ccc4c(c3)CCCC4)nc12. The maximum Gasteiger partial charge on any atom is 0.260 e. The Labute approximate surface area is 191 Å². The first-order chi connectivity index (χ1) is 15.6. The monoisotopic (exact) mass is 443 g/mol. The van der Waals surface area contributed by atoms with E-state index in [1.54, 1.807) is 24.4 Å². The van der Waals surface area contributed by atoms with E-state index in [1.807, 2.05) is 30.3 Å². The van der Waals surface area contributed by atoms with Crippen LogP contribution in [0, 0.1) is 6.92 Å². The molecule has 0 unspecified atom stereocenters. The number of methoxy groups -OCH3 is 1. The molecule has 0 saturated carbocycles. The quantitative estimate of drug-likeness (QED) is 0.395. The van der Waals surface area contributed by atoms with Crippen molar-refractivity contribution in [2.45, 2.75) is 39.2 Å². The average molecular weight is 444 g/mol. The molecule has 0 bridgehead atoms. The van der Waals surface area contributed by atoms with Gasteiger partial charge in [-0.3, -0.25) is 14.7 Å². The largest absolute Gasteiger partial charge is 0.494 e. The van der Waals surface area contributed by atoms with E-state index in [0.717, 1.165) is 39.9 Å². The second-order valence-corrected chi connectivity index (χ2v) is 9.18. The second-order valence-electron chi connectivity index (χ2n) is 8.20. The van der Waals surface area contributed by atoms with Gasteiger partial charge in [0.25, 0.3) is 5.91 Å². The van der Waals surface area contributed by atoms with Crippen molar-refractivity contribution in [1.29, 1.82) is 0 Å². The van der Waals surface area contributed by atoms with Gasteiger partial charge < -0.3 is 4.74 Å². The normalized spacial score (nSPS) is 13.1. The molecule has 0 aliphatic heterocycles. The smallest absolute Gasteiger partial charge is 0.260 e. The lowest BCUT2D eigenvalue weighted by molar-refractivity contribution is 0.0985. The number of rotatable bonds is 5. The van der Waals surface area contributed by atoms with Crippen molar-refractivity contribution >= 4 is 32.6 Å². The zero-order valence-electron chi connectivity index (χ0n) is 18.3. The van der Waals surface area contributed by atoms with Crippen molar-refractivity contribution < 1.29 is 9.53 Å². The van der Waals surface area contributed by atoms with E-state index in [-0.39, 0.29) is 5.91 Å². The van der Waals surface area contributed by atoms with Gasteiger partial charge in [-0.2, -0.15) is 0 Å². The standard InChI is InChI=1S/C26H25N3O2S/c1-17-9-12-22(31-2)23-24(17)32-26(28-23)29(16-18-6-5-13-27-15-18)25(30)21-11-10-19-7-3-4-8-20(19)14-21/h5-6,9-15H,3-4,7-8,16H2,1-2H3. The highest BCUT2D eigenvalue weighted by molar-refractivity contribution is 7.22. The summed E-state index contributed by atoms with van der Waals surface area (Å²) in [7, 11) is 1.65. The summed E-state index contributed by atoms with van der Waals surface area (Å²) >= 11 is 1.53. The zero-order valence-corrected chi connectivity index (χ0v) is 19.1. The lowest BCUT2D eigenvalue weighted by Crippen LogP contribution is -2.30. The van der Waals surface area contributed by atoms with E-state index >= 15 is 0 Å². The summed E-state index contributed by atoms with van der Waals surface area (Å²) in [4.78, 5) is 24.6. The van der Waals surface area contributed by atoms with Gasteiger partial charge in [-0.05, 0) is 79.1 Å². The Morgan fingerprint density at radius 3 is 2.75 bits per heavy atom. The first-order valence-corrected chi connectivity index (χ1v) is 11.7. The summed E-state index contributed by atoms with van der Waals surface area (Å²) in [6, 6.07) is 14.0. The van der Waals surface area contributed by atoms with Crippen LogP contribution >= 0.6 is 11.3 Å². The molecule has 1 aliphatic carbocycles. The molecule has 0 radical (unpaired) electrons. The Hall–Kier alpha value is -3.25. The Bertz CT molecular complexity index is 1280. The number of aromatic nitrogens is 2. The van der Waals surface area contributed by atoms with Gasteiger partial charge in [0, 0.05) is 18.0 Å². The number of aryl methyl sites for hydroxylation is 3. The topological polar surface area (TPSA) is 55.3 Å². The van der Waals surface area contributed by atoms with Crippen molar-refractivity contribution in [1.82, 2.24) is 9.97 Å². The van der Waals surface area contributed by atoms with Crippen molar-refractivity contribution in [2.24, 2.45) is 0 Å². The maximum atomic E-state index is 13.8. The number of fused-ring (bicyclic) bond motifs is 2. The summed E-state index contributed by atoms with van der Waals surface area (Å²) in [5, 5.41) is 0.666. The minimum atomic E-state index is -0.0436. The van der Waals surface area contributed by atoms with Crippen LogP contribution in [0.2, 0.25) is 0 Å². The van der Waals surface area contributed by atoms with Crippen LogP contribution in [0.3, 0.4) is 0 Å². The number of carbonyl (C=O) groups excluding carboxylic acids is 1. The zero-order chi connectivity index (χ0) is 22.1. The molecule has 32 heavy (non-hydrogen) atoms. The fourth-order valence-electron chi connectivity index (χ4n) is 4.30. The maximum absolute atomic E-state index is 13.8. The van der Waals surface area contributed by atoms with E-state index in [4.69, 9.17) is 9.72 Å². The molecule has 0 atom stereocenters. The number of carbonyl (C=O) groups is 1. The average Bonchev–Trinajstić information content (AvgIpc) is 3.29. The number of nitrogens with zero attached hydrogens (tertiary/aromatic N) is 3. The lowest BCUT2D eigenvalue weighted by atomic mass is 9.90. The fraction of sp³-hybridized carbons (Fsp3) is 0.269. The van der Waals surface area contributed by atoms with Crippen LogP contribution in [-0.4, -0.2) is 23.0 Å². The van der Waals surface area contributed by atoms with Crippen LogP contribution in [0.15, 0.2) is 54.9 Å². The van der Waals surface area contributed by atoms with E-state index in [1.165, 1.54) is 35.3 Å². The first-order valence-electron chi connectivity index (χ1n) is 10.9. The summed E-state index contributed by atoms with van der Waals surface area (Å²) in [5.41, 5.74) is 6.24. The third kappa shape index (κ3) is 3.86. The number of ether oxygens (including phenoxy) is 1. The Morgan fingerprint density at radius 2 is 1.97 bits per heavy atom. The van der Waals surface area contributed by atoms with E-state index in [9.17, 15) is 4.79 Å². The van der Waals surface area contributed by atoms with E-state index in [0.29, 0.717) is 17.2 Å². The Balaban J connectivity index is 1.59. The van der Waals surface area contributed by atoms with Gasteiger partial charge in [-0.1, -0.05) is 29.5 Å². The number of benzene rings is 2. The number of pyridine rings is 1. The molecule has 0 saturated heterocycles. The minimum Gasteiger partial charge on any atom is -0.494 e. The molecule has 0 fully saturated rings. The molecule has 2 aromatic heterocycles. The predicted octanol–water partition coefficient (Wildman–Crippen LogP) is 5.73. The first kappa shape index (κ1) is 20.6. The van der Waals surface area contributed by atoms with Gasteiger partial charge in [0.1, 0.15) is 11.3 Å². The number of thiazole rings is 1. The molecule has 1 amide bonds.